The molecule has 2 amide bonds. The Balaban J connectivity index is 1.40. The third kappa shape index (κ3) is 6.01. The summed E-state index contributed by atoms with van der Waals surface area (Å²) in [5, 5.41) is 21.6. The number of nitrogens with zero attached hydrogens (tertiary/aromatic N) is 5. The summed E-state index contributed by atoms with van der Waals surface area (Å²) in [5.74, 6) is 5.86. The SMILES string of the molecule is CCOC(=O)c1c(-c2ccc(C(=O)Nc3cc(-c4ccc(C#N)cc4)ccn3)cc2)nc([C@@H]2CCCCN2C(=O)O)n1N. The number of ether oxygens (including phenoxy) is 1. The van der Waals surface area contributed by atoms with Crippen LogP contribution in [-0.2, 0) is 4.74 Å². The Morgan fingerprint density at radius 2 is 1.79 bits per heavy atom. The summed E-state index contributed by atoms with van der Waals surface area (Å²) in [6.07, 6.45) is 2.54. The van der Waals surface area contributed by atoms with E-state index in [0.717, 1.165) is 28.6 Å². The predicted octanol–water partition coefficient (Wildman–Crippen LogP) is 4.83. The molecule has 4 N–H and O–H groups in total. The number of aromatic nitrogens is 3. The van der Waals surface area contributed by atoms with Gasteiger partial charge in [-0.15, -0.1) is 0 Å². The van der Waals surface area contributed by atoms with Crippen LogP contribution in [0.15, 0.2) is 66.9 Å². The molecule has 4 aromatic rings. The van der Waals surface area contributed by atoms with E-state index >= 15 is 0 Å². The molecule has 1 saturated heterocycles. The maximum Gasteiger partial charge on any atom is 0.407 e. The van der Waals surface area contributed by atoms with E-state index in [1.54, 1.807) is 61.7 Å². The Bertz CT molecular complexity index is 1710. The molecule has 0 bridgehead atoms. The van der Waals surface area contributed by atoms with Crippen LogP contribution >= 0.6 is 0 Å². The van der Waals surface area contributed by atoms with E-state index < -0.39 is 24.0 Å². The van der Waals surface area contributed by atoms with Crippen molar-refractivity contribution in [3.8, 4) is 28.5 Å². The molecular formula is C31H29N7O5. The summed E-state index contributed by atoms with van der Waals surface area (Å²) >= 11 is 0. The number of nitrogens with two attached hydrogens (primary N) is 1. The number of hydrogen-bond donors (Lipinski definition) is 3. The first kappa shape index (κ1) is 28.8. The highest BCUT2D eigenvalue weighted by Gasteiger charge is 2.34. The van der Waals surface area contributed by atoms with E-state index in [0.29, 0.717) is 35.5 Å². The molecule has 0 saturated carbocycles. The minimum absolute atomic E-state index is 0.00576. The van der Waals surface area contributed by atoms with Crippen molar-refractivity contribution >= 4 is 23.8 Å². The quantitative estimate of drug-likeness (QED) is 0.204. The molecule has 3 heterocycles. The van der Waals surface area contributed by atoms with Gasteiger partial charge < -0.3 is 21.0 Å². The highest BCUT2D eigenvalue weighted by atomic mass is 16.5. The number of carbonyl (C=O) groups excluding carboxylic acids is 2. The Hall–Kier alpha value is -5.70. The summed E-state index contributed by atoms with van der Waals surface area (Å²) < 4.78 is 6.35. The minimum atomic E-state index is -1.08. The first-order chi connectivity index (χ1) is 20.8. The third-order valence-corrected chi connectivity index (χ3v) is 7.22. The molecule has 0 spiro atoms. The molecule has 12 nitrogen and oxygen atoms in total. The van der Waals surface area contributed by atoms with Crippen LogP contribution in [0.4, 0.5) is 10.6 Å². The van der Waals surface area contributed by atoms with Gasteiger partial charge in [-0.05, 0) is 73.7 Å². The maximum absolute atomic E-state index is 13.1. The molecule has 0 radical (unpaired) electrons. The van der Waals surface area contributed by atoms with Gasteiger partial charge in [-0.3, -0.25) is 9.69 Å². The lowest BCUT2D eigenvalue weighted by Crippen LogP contribution is -2.39. The van der Waals surface area contributed by atoms with Gasteiger partial charge in [0.2, 0.25) is 0 Å². The standard InChI is InChI=1S/C31H29N7O5/c1-2-43-30(40)27-26(36-28(38(27)33)24-5-3-4-16-37(24)31(41)42)21-10-12-22(13-11-21)29(39)35-25-17-23(14-15-34-25)20-8-6-19(18-32)7-9-20/h6-15,17,24H,2-5,16,33H2,1H3,(H,41,42)(H,34,35,39)/t24-/m0/s1. The van der Waals surface area contributed by atoms with Crippen LogP contribution in [0.25, 0.3) is 22.4 Å². The summed E-state index contributed by atoms with van der Waals surface area (Å²) in [6.45, 7) is 2.13. The smallest absolute Gasteiger partial charge is 0.407 e. The number of likely N-dealkylation sites (tertiary alicyclic amines) is 1. The molecule has 0 aliphatic carbocycles. The van der Waals surface area contributed by atoms with Crippen molar-refractivity contribution in [3.63, 3.8) is 0 Å². The molecule has 43 heavy (non-hydrogen) atoms. The highest BCUT2D eigenvalue weighted by Crippen LogP contribution is 2.34. The third-order valence-electron chi connectivity index (χ3n) is 7.22. The summed E-state index contributed by atoms with van der Waals surface area (Å²) in [6, 6.07) is 18.6. The lowest BCUT2D eigenvalue weighted by Gasteiger charge is -2.32. The lowest BCUT2D eigenvalue weighted by atomic mass is 10.0. The van der Waals surface area contributed by atoms with Crippen LogP contribution in [0.1, 0.15) is 64.5 Å². The van der Waals surface area contributed by atoms with Crippen LogP contribution in [0.5, 0.6) is 0 Å². The van der Waals surface area contributed by atoms with E-state index in [1.165, 1.54) is 4.90 Å². The van der Waals surface area contributed by atoms with Crippen molar-refractivity contribution in [1.82, 2.24) is 19.5 Å². The van der Waals surface area contributed by atoms with Crippen molar-refractivity contribution in [1.29, 1.82) is 5.26 Å². The Labute approximate surface area is 247 Å². The molecule has 1 aliphatic heterocycles. The van der Waals surface area contributed by atoms with Crippen LogP contribution in [0.2, 0.25) is 0 Å². The molecule has 2 aromatic heterocycles. The predicted molar refractivity (Wildman–Crippen MR) is 157 cm³/mol. The first-order valence-corrected chi connectivity index (χ1v) is 13.7. The van der Waals surface area contributed by atoms with E-state index in [2.05, 4.69) is 21.4 Å². The minimum Gasteiger partial charge on any atom is -0.465 e. The van der Waals surface area contributed by atoms with Gasteiger partial charge in [0.05, 0.1) is 24.3 Å². The molecule has 2 aromatic carbocycles. The lowest BCUT2D eigenvalue weighted by molar-refractivity contribution is 0.0516. The Kier molecular flexibility index (Phi) is 8.34. The van der Waals surface area contributed by atoms with Crippen LogP contribution in [0.3, 0.4) is 0 Å². The number of benzene rings is 2. The number of imidazole rings is 1. The number of rotatable bonds is 7. The fourth-order valence-corrected chi connectivity index (χ4v) is 5.09. The number of nitrogens with one attached hydrogen (secondary N) is 1. The van der Waals surface area contributed by atoms with Gasteiger partial charge in [0.25, 0.3) is 5.91 Å². The van der Waals surface area contributed by atoms with Crippen molar-refractivity contribution in [2.75, 3.05) is 24.3 Å². The average Bonchev–Trinajstić information content (AvgIpc) is 3.38. The summed E-state index contributed by atoms with van der Waals surface area (Å²) in [4.78, 5) is 48.1. The van der Waals surface area contributed by atoms with Crippen molar-refractivity contribution in [2.45, 2.75) is 32.2 Å². The number of piperidine rings is 1. The number of carboxylic acid groups (broad SMARTS) is 1. The zero-order chi connectivity index (χ0) is 30.5. The van der Waals surface area contributed by atoms with Crippen LogP contribution in [-0.4, -0.2) is 55.8 Å². The Morgan fingerprint density at radius 3 is 2.47 bits per heavy atom. The highest BCUT2D eigenvalue weighted by molar-refractivity contribution is 6.04. The van der Waals surface area contributed by atoms with Crippen LogP contribution < -0.4 is 11.2 Å². The number of hydrogen-bond acceptors (Lipinski definition) is 8. The number of amides is 2. The number of pyridine rings is 1. The molecular weight excluding hydrogens is 550 g/mol. The monoisotopic (exact) mass is 579 g/mol. The first-order valence-electron chi connectivity index (χ1n) is 13.7. The van der Waals surface area contributed by atoms with Gasteiger partial charge in [0, 0.05) is 23.9 Å². The second-order valence-electron chi connectivity index (χ2n) is 9.90. The molecule has 0 unspecified atom stereocenters. The van der Waals surface area contributed by atoms with Crippen molar-refractivity contribution < 1.29 is 24.2 Å². The topological polar surface area (TPSA) is 176 Å². The zero-order valence-corrected chi connectivity index (χ0v) is 23.4. The van der Waals surface area contributed by atoms with Gasteiger partial charge >= 0.3 is 12.1 Å². The fraction of sp³-hybridized carbons (Fsp3) is 0.226. The molecule has 218 valence electrons. The van der Waals surface area contributed by atoms with Gasteiger partial charge in [-0.25, -0.2) is 24.2 Å². The fourth-order valence-electron chi connectivity index (χ4n) is 5.09. The van der Waals surface area contributed by atoms with Crippen LogP contribution in [0, 0.1) is 11.3 Å². The largest absolute Gasteiger partial charge is 0.465 e. The second-order valence-corrected chi connectivity index (χ2v) is 9.90. The van der Waals surface area contributed by atoms with Crippen molar-refractivity contribution in [3.05, 3.63) is 89.5 Å². The summed E-state index contributed by atoms with van der Waals surface area (Å²) in [7, 11) is 0. The Morgan fingerprint density at radius 1 is 1.07 bits per heavy atom. The van der Waals surface area contributed by atoms with Gasteiger partial charge in [0.15, 0.2) is 11.5 Å². The number of anilines is 1. The zero-order valence-electron chi connectivity index (χ0n) is 23.4. The summed E-state index contributed by atoms with van der Waals surface area (Å²) in [5.41, 5.74) is 3.31. The van der Waals surface area contributed by atoms with E-state index in [4.69, 9.17) is 15.8 Å². The second kappa shape index (κ2) is 12.4. The van der Waals surface area contributed by atoms with E-state index in [1.807, 2.05) is 12.1 Å². The maximum atomic E-state index is 13.1. The molecule has 1 fully saturated rings. The average molecular weight is 580 g/mol. The molecule has 5 rings (SSSR count). The number of esters is 1. The van der Waals surface area contributed by atoms with Gasteiger partial charge in [-0.2, -0.15) is 5.26 Å². The number of carbonyl (C=O) groups is 3. The molecule has 1 atom stereocenters. The molecule has 1 aliphatic rings. The molecule has 12 heteroatoms. The van der Waals surface area contributed by atoms with Gasteiger partial charge in [0.1, 0.15) is 11.5 Å². The van der Waals surface area contributed by atoms with E-state index in [9.17, 15) is 19.5 Å². The van der Waals surface area contributed by atoms with Crippen molar-refractivity contribution in [2.24, 2.45) is 0 Å². The normalized spacial score (nSPS) is 14.5. The van der Waals surface area contributed by atoms with Gasteiger partial charge in [-0.1, -0.05) is 24.3 Å². The van der Waals surface area contributed by atoms with E-state index in [-0.39, 0.29) is 23.8 Å². The number of nitriles is 1. The number of nitrogen functional groups attached to an aromatic ring is 1.